The first kappa shape index (κ1) is 17.9. The van der Waals surface area contributed by atoms with Gasteiger partial charge in [-0.15, -0.1) is 0 Å². The predicted octanol–water partition coefficient (Wildman–Crippen LogP) is 4.68. The van der Waals surface area contributed by atoms with E-state index >= 15 is 0 Å². The second-order valence-corrected chi connectivity index (χ2v) is 6.94. The Labute approximate surface area is 164 Å². The maximum Gasteiger partial charge on any atom is 0.225 e. The highest BCUT2D eigenvalue weighted by Crippen LogP contribution is 2.29. The molecule has 0 atom stereocenters. The van der Waals surface area contributed by atoms with Gasteiger partial charge < -0.3 is 5.32 Å². The first-order valence-corrected chi connectivity index (χ1v) is 9.09. The number of pyridine rings is 1. The summed E-state index contributed by atoms with van der Waals surface area (Å²) in [6.07, 6.45) is 4.51. The summed E-state index contributed by atoms with van der Waals surface area (Å²) in [7, 11) is 0. The fraction of sp³-hybridized carbons (Fsp3) is 0.167. The monoisotopic (exact) mass is 466 g/mol. The fourth-order valence-electron chi connectivity index (χ4n) is 2.49. The van der Waals surface area contributed by atoms with Gasteiger partial charge in [0.25, 0.3) is 0 Å². The van der Waals surface area contributed by atoms with E-state index in [2.05, 4.69) is 38.3 Å². The number of nitrogens with zero attached hydrogens (tertiary/aromatic N) is 3. The summed E-state index contributed by atoms with van der Waals surface area (Å²) in [5.41, 5.74) is 3.82. The molecule has 3 rings (SSSR count). The Hall–Kier alpha value is -1.93. The van der Waals surface area contributed by atoms with E-state index in [1.165, 1.54) is 0 Å². The Balaban J connectivity index is 1.69. The number of rotatable bonds is 5. The van der Waals surface area contributed by atoms with E-state index in [4.69, 9.17) is 11.6 Å². The Bertz CT molecular complexity index is 878. The highest BCUT2D eigenvalue weighted by molar-refractivity contribution is 14.1. The van der Waals surface area contributed by atoms with Gasteiger partial charge in [-0.3, -0.25) is 9.78 Å². The average molecular weight is 467 g/mol. The average Bonchev–Trinajstić information content (AvgIpc) is 2.90. The molecule has 0 spiro atoms. The van der Waals surface area contributed by atoms with Crippen LogP contribution in [0.25, 0.3) is 11.3 Å². The van der Waals surface area contributed by atoms with Crippen LogP contribution in [0.4, 0.5) is 5.82 Å². The number of halogens is 2. The van der Waals surface area contributed by atoms with E-state index in [0.29, 0.717) is 23.7 Å². The molecule has 1 aromatic carbocycles. The number of anilines is 1. The molecule has 7 heteroatoms. The second kappa shape index (κ2) is 7.97. The molecule has 25 heavy (non-hydrogen) atoms. The van der Waals surface area contributed by atoms with Gasteiger partial charge in [-0.2, -0.15) is 7.99 Å². The van der Waals surface area contributed by atoms with Crippen LogP contribution in [0.5, 0.6) is 0 Å². The van der Waals surface area contributed by atoms with Crippen molar-refractivity contribution in [2.45, 2.75) is 19.8 Å². The number of carbonyl (C=O) groups is 1. The lowest BCUT2D eigenvalue weighted by Crippen LogP contribution is -2.14. The molecule has 1 N–H and O–H groups in total. The van der Waals surface area contributed by atoms with Gasteiger partial charge in [0, 0.05) is 35.0 Å². The molecule has 0 saturated carbocycles. The SMILES string of the molecule is Cc1c(-c2ccncc2)nn(I)c1NC(=O)CCc1ccc(Cl)cc1. The van der Waals surface area contributed by atoms with Crippen LogP contribution in [0.2, 0.25) is 5.02 Å². The number of benzene rings is 1. The molecular weight excluding hydrogens is 451 g/mol. The van der Waals surface area contributed by atoms with Crippen LogP contribution in [0.15, 0.2) is 48.8 Å². The van der Waals surface area contributed by atoms with E-state index in [1.54, 1.807) is 15.3 Å². The largest absolute Gasteiger partial charge is 0.310 e. The molecule has 3 aromatic rings. The highest BCUT2D eigenvalue weighted by Gasteiger charge is 2.16. The first-order chi connectivity index (χ1) is 12.0. The number of aromatic nitrogens is 3. The lowest BCUT2D eigenvalue weighted by Gasteiger charge is -2.06. The van der Waals surface area contributed by atoms with Crippen molar-refractivity contribution in [3.63, 3.8) is 0 Å². The summed E-state index contributed by atoms with van der Waals surface area (Å²) >= 11 is 7.95. The maximum absolute atomic E-state index is 12.3. The Morgan fingerprint density at radius 1 is 1.20 bits per heavy atom. The van der Waals surface area contributed by atoms with Crippen LogP contribution in [-0.4, -0.2) is 18.9 Å². The summed E-state index contributed by atoms with van der Waals surface area (Å²) in [5, 5.41) is 8.17. The van der Waals surface area contributed by atoms with Gasteiger partial charge in [-0.1, -0.05) is 23.7 Å². The quantitative estimate of drug-likeness (QED) is 0.556. The van der Waals surface area contributed by atoms with E-state index < -0.39 is 0 Å². The topological polar surface area (TPSA) is 59.8 Å². The van der Waals surface area contributed by atoms with Crippen molar-refractivity contribution in [1.82, 2.24) is 13.0 Å². The summed E-state index contributed by atoms with van der Waals surface area (Å²) < 4.78 is 1.67. The predicted molar refractivity (Wildman–Crippen MR) is 108 cm³/mol. The van der Waals surface area contributed by atoms with Crippen LogP contribution in [-0.2, 0) is 11.2 Å². The molecule has 0 radical (unpaired) electrons. The third-order valence-electron chi connectivity index (χ3n) is 3.85. The van der Waals surface area contributed by atoms with Gasteiger partial charge in [-0.25, -0.2) is 0 Å². The van der Waals surface area contributed by atoms with Gasteiger partial charge in [0.15, 0.2) is 0 Å². The molecule has 0 aliphatic carbocycles. The van der Waals surface area contributed by atoms with Gasteiger partial charge in [0.2, 0.25) is 5.91 Å². The van der Waals surface area contributed by atoms with Crippen molar-refractivity contribution >= 4 is 46.2 Å². The molecular formula is C18H16ClIN4O. The van der Waals surface area contributed by atoms with Crippen LogP contribution in [0.1, 0.15) is 17.5 Å². The van der Waals surface area contributed by atoms with Crippen LogP contribution in [0, 0.1) is 6.92 Å². The maximum atomic E-state index is 12.3. The van der Waals surface area contributed by atoms with E-state index in [0.717, 1.165) is 22.4 Å². The van der Waals surface area contributed by atoms with Crippen LogP contribution in [0.3, 0.4) is 0 Å². The molecule has 0 unspecified atom stereocenters. The van der Waals surface area contributed by atoms with Crippen LogP contribution < -0.4 is 5.32 Å². The summed E-state index contributed by atoms with van der Waals surface area (Å²) in [6, 6.07) is 11.3. The zero-order valence-electron chi connectivity index (χ0n) is 13.5. The molecule has 2 aromatic heterocycles. The number of carbonyl (C=O) groups excluding carboxylic acids is 1. The first-order valence-electron chi connectivity index (χ1n) is 7.75. The molecule has 0 saturated heterocycles. The number of hydrogen-bond acceptors (Lipinski definition) is 3. The van der Waals surface area contributed by atoms with Crippen molar-refractivity contribution in [2.75, 3.05) is 5.32 Å². The van der Waals surface area contributed by atoms with Crippen molar-refractivity contribution in [3.05, 3.63) is 64.9 Å². The Kier molecular flexibility index (Phi) is 5.70. The summed E-state index contributed by atoms with van der Waals surface area (Å²) in [4.78, 5) is 16.3. The van der Waals surface area contributed by atoms with E-state index in [1.807, 2.05) is 43.3 Å². The van der Waals surface area contributed by atoms with Gasteiger partial charge >= 0.3 is 0 Å². The normalized spacial score (nSPS) is 10.7. The van der Waals surface area contributed by atoms with Gasteiger partial charge in [-0.05, 0) is 43.2 Å². The minimum atomic E-state index is -0.0443. The van der Waals surface area contributed by atoms with Crippen molar-refractivity contribution in [1.29, 1.82) is 0 Å². The number of hydrogen-bond donors (Lipinski definition) is 1. The van der Waals surface area contributed by atoms with E-state index in [9.17, 15) is 4.79 Å². The highest BCUT2D eigenvalue weighted by atomic mass is 127. The van der Waals surface area contributed by atoms with Crippen molar-refractivity contribution in [2.24, 2.45) is 0 Å². The van der Waals surface area contributed by atoms with Crippen molar-refractivity contribution in [3.8, 4) is 11.3 Å². The third kappa shape index (κ3) is 4.38. The van der Waals surface area contributed by atoms with Gasteiger partial charge in [0.1, 0.15) is 5.82 Å². The number of nitrogens with one attached hydrogen (secondary N) is 1. The molecule has 5 nitrogen and oxygen atoms in total. The zero-order valence-corrected chi connectivity index (χ0v) is 16.5. The Morgan fingerprint density at radius 3 is 2.56 bits per heavy atom. The fourth-order valence-corrected chi connectivity index (χ4v) is 3.31. The second-order valence-electron chi connectivity index (χ2n) is 5.59. The Morgan fingerprint density at radius 2 is 1.88 bits per heavy atom. The standard InChI is InChI=1S/C18H16ClIN4O/c1-12-17(14-8-10-21-11-9-14)23-24(20)18(12)22-16(25)7-4-13-2-5-15(19)6-3-13/h2-3,5-6,8-11H,4,7H2,1H3,(H,22,25). The molecule has 2 heterocycles. The minimum Gasteiger partial charge on any atom is -0.310 e. The van der Waals surface area contributed by atoms with Crippen molar-refractivity contribution < 1.29 is 4.79 Å². The lowest BCUT2D eigenvalue weighted by atomic mass is 10.1. The number of aryl methyl sites for hydroxylation is 1. The molecule has 1 amide bonds. The van der Waals surface area contributed by atoms with Crippen LogP contribution >= 0.6 is 34.5 Å². The summed E-state index contributed by atoms with van der Waals surface area (Å²) in [5.74, 6) is 0.658. The molecule has 0 bridgehead atoms. The zero-order chi connectivity index (χ0) is 17.8. The minimum absolute atomic E-state index is 0.0443. The molecule has 0 aliphatic rings. The molecule has 0 aliphatic heterocycles. The lowest BCUT2D eigenvalue weighted by molar-refractivity contribution is -0.116. The molecule has 0 fully saturated rings. The molecule has 128 valence electrons. The van der Waals surface area contributed by atoms with Gasteiger partial charge in [0.05, 0.1) is 28.6 Å². The third-order valence-corrected chi connectivity index (χ3v) is 4.80. The summed E-state index contributed by atoms with van der Waals surface area (Å²) in [6.45, 7) is 1.95. The van der Waals surface area contributed by atoms with E-state index in [-0.39, 0.29) is 5.91 Å². The smallest absolute Gasteiger partial charge is 0.225 e. The number of amides is 1.